The molecule has 1 aliphatic heterocycles. The van der Waals surface area contributed by atoms with Crippen molar-refractivity contribution in [3.8, 4) is 0 Å². The van der Waals surface area contributed by atoms with Gasteiger partial charge >= 0.3 is 0 Å². The molecule has 2 aromatic rings. The molecule has 0 unspecified atom stereocenters. The molecule has 1 aromatic carbocycles. The molecule has 0 spiro atoms. The lowest BCUT2D eigenvalue weighted by Crippen LogP contribution is -2.27. The minimum atomic E-state index is -0.139. The number of hydrogen-bond donors (Lipinski definition) is 1. The number of benzene rings is 1. The summed E-state index contributed by atoms with van der Waals surface area (Å²) in [5.74, 6) is 1.22. The summed E-state index contributed by atoms with van der Waals surface area (Å²) in [6.07, 6.45) is 6.00. The van der Waals surface area contributed by atoms with Crippen LogP contribution >= 0.6 is 0 Å². The zero-order valence-corrected chi connectivity index (χ0v) is 17.0. The lowest BCUT2D eigenvalue weighted by molar-refractivity contribution is 0.0925. The molecule has 0 radical (unpaired) electrons. The van der Waals surface area contributed by atoms with Crippen LogP contribution in [-0.2, 0) is 17.7 Å². The summed E-state index contributed by atoms with van der Waals surface area (Å²) in [6.45, 7) is 6.90. The van der Waals surface area contributed by atoms with Crippen molar-refractivity contribution in [1.82, 2.24) is 14.9 Å². The second-order valence-electron chi connectivity index (χ2n) is 7.96. The van der Waals surface area contributed by atoms with Crippen LogP contribution in [0.15, 0.2) is 23.0 Å². The Labute approximate surface area is 166 Å². The number of fused-ring (bicyclic) bond motifs is 2. The van der Waals surface area contributed by atoms with Crippen LogP contribution in [0.1, 0.15) is 62.1 Å². The zero-order chi connectivity index (χ0) is 19.9. The Balaban J connectivity index is 1.68. The molecular formula is C22H31N3O3. The molecule has 1 aliphatic rings. The average molecular weight is 386 g/mol. The number of nitrogens with zero attached hydrogens (tertiary/aromatic N) is 2. The summed E-state index contributed by atoms with van der Waals surface area (Å²) in [5, 5.41) is 3.50. The van der Waals surface area contributed by atoms with Crippen LogP contribution in [0.2, 0.25) is 0 Å². The molecule has 0 saturated carbocycles. The molecule has 6 heteroatoms. The van der Waals surface area contributed by atoms with Crippen molar-refractivity contribution in [1.29, 1.82) is 0 Å². The summed E-state index contributed by atoms with van der Waals surface area (Å²) in [6, 6.07) is 5.18. The van der Waals surface area contributed by atoms with Gasteiger partial charge in [0.15, 0.2) is 0 Å². The largest absolute Gasteiger partial charge is 0.381 e. The van der Waals surface area contributed by atoms with Crippen LogP contribution in [0.3, 0.4) is 0 Å². The number of rotatable bonds is 7. The number of aryl methyl sites for hydroxylation is 1. The predicted octanol–water partition coefficient (Wildman–Crippen LogP) is 3.31. The predicted molar refractivity (Wildman–Crippen MR) is 111 cm³/mol. The molecule has 0 atom stereocenters. The minimum Gasteiger partial charge on any atom is -0.381 e. The normalized spacial score (nSPS) is 14.5. The van der Waals surface area contributed by atoms with Crippen LogP contribution in [0, 0.1) is 5.92 Å². The molecule has 3 rings (SSSR count). The topological polar surface area (TPSA) is 73.2 Å². The summed E-state index contributed by atoms with van der Waals surface area (Å²) in [4.78, 5) is 30.0. The third-order valence-corrected chi connectivity index (χ3v) is 5.03. The van der Waals surface area contributed by atoms with E-state index in [0.29, 0.717) is 35.5 Å². The molecule has 0 aliphatic carbocycles. The maximum atomic E-state index is 12.8. The maximum Gasteiger partial charge on any atom is 0.261 e. The van der Waals surface area contributed by atoms with Gasteiger partial charge in [-0.2, -0.15) is 0 Å². The van der Waals surface area contributed by atoms with E-state index in [1.54, 1.807) is 18.2 Å². The fourth-order valence-electron chi connectivity index (χ4n) is 3.53. The fraction of sp³-hybridized carbons (Fsp3) is 0.591. The van der Waals surface area contributed by atoms with E-state index in [9.17, 15) is 9.59 Å². The molecule has 152 valence electrons. The molecule has 2 heterocycles. The van der Waals surface area contributed by atoms with Gasteiger partial charge in [0, 0.05) is 38.3 Å². The van der Waals surface area contributed by atoms with Gasteiger partial charge in [-0.1, -0.05) is 26.7 Å². The Morgan fingerprint density at radius 3 is 2.89 bits per heavy atom. The van der Waals surface area contributed by atoms with Crippen molar-refractivity contribution in [2.45, 2.75) is 58.9 Å². The number of ether oxygens (including phenoxy) is 1. The summed E-state index contributed by atoms with van der Waals surface area (Å²) >= 11 is 0. The van der Waals surface area contributed by atoms with Crippen molar-refractivity contribution >= 4 is 16.8 Å². The number of amides is 1. The third kappa shape index (κ3) is 5.19. The van der Waals surface area contributed by atoms with Gasteiger partial charge in [-0.05, 0) is 43.4 Å². The maximum absolute atomic E-state index is 12.8. The van der Waals surface area contributed by atoms with Crippen LogP contribution in [0.25, 0.3) is 10.9 Å². The monoisotopic (exact) mass is 385 g/mol. The average Bonchev–Trinajstić information content (AvgIpc) is 2.65. The molecule has 6 nitrogen and oxygen atoms in total. The molecule has 0 fully saturated rings. The summed E-state index contributed by atoms with van der Waals surface area (Å²) < 4.78 is 7.34. The number of nitrogens with one attached hydrogen (secondary N) is 1. The molecule has 1 N–H and O–H groups in total. The van der Waals surface area contributed by atoms with E-state index < -0.39 is 0 Å². The van der Waals surface area contributed by atoms with E-state index in [2.05, 4.69) is 19.2 Å². The van der Waals surface area contributed by atoms with Crippen LogP contribution in [0.4, 0.5) is 0 Å². The van der Waals surface area contributed by atoms with Crippen molar-refractivity contribution in [3.05, 3.63) is 39.9 Å². The van der Waals surface area contributed by atoms with E-state index in [-0.39, 0.29) is 11.5 Å². The highest BCUT2D eigenvalue weighted by atomic mass is 16.5. The molecule has 1 aromatic heterocycles. The van der Waals surface area contributed by atoms with E-state index >= 15 is 0 Å². The fourth-order valence-corrected chi connectivity index (χ4v) is 3.53. The third-order valence-electron chi connectivity index (χ3n) is 5.03. The zero-order valence-electron chi connectivity index (χ0n) is 17.0. The number of carbonyl (C=O) groups excluding carboxylic acids is 1. The number of hydrogen-bond acceptors (Lipinski definition) is 4. The SMILES string of the molecule is CC(C)COCCCNC(=O)c1ccc2c(=O)n3c(nc2c1)CCCCCC3. The van der Waals surface area contributed by atoms with Crippen molar-refractivity contribution in [3.63, 3.8) is 0 Å². The van der Waals surface area contributed by atoms with Crippen LogP contribution < -0.4 is 10.9 Å². The second-order valence-corrected chi connectivity index (χ2v) is 7.96. The van der Waals surface area contributed by atoms with Gasteiger partial charge in [-0.15, -0.1) is 0 Å². The van der Waals surface area contributed by atoms with E-state index in [1.165, 1.54) is 6.42 Å². The van der Waals surface area contributed by atoms with Gasteiger partial charge in [-0.25, -0.2) is 4.98 Å². The molecular weight excluding hydrogens is 354 g/mol. The van der Waals surface area contributed by atoms with E-state index in [1.807, 2.05) is 4.57 Å². The molecule has 0 saturated heterocycles. The van der Waals surface area contributed by atoms with Gasteiger partial charge in [0.1, 0.15) is 5.82 Å². The quantitative estimate of drug-likeness (QED) is 0.742. The molecule has 0 bridgehead atoms. The summed E-state index contributed by atoms with van der Waals surface area (Å²) in [7, 11) is 0. The van der Waals surface area contributed by atoms with Crippen molar-refractivity contribution < 1.29 is 9.53 Å². The van der Waals surface area contributed by atoms with Gasteiger partial charge in [-0.3, -0.25) is 14.2 Å². The molecule has 1 amide bonds. The van der Waals surface area contributed by atoms with Crippen LogP contribution in [0.5, 0.6) is 0 Å². The number of aromatic nitrogens is 2. The van der Waals surface area contributed by atoms with Gasteiger partial charge < -0.3 is 10.1 Å². The minimum absolute atomic E-state index is 0.0103. The highest BCUT2D eigenvalue weighted by Gasteiger charge is 2.14. The standard InChI is InChI=1S/C22H31N3O3/c1-16(2)15-28-13-7-11-23-21(26)17-9-10-18-19(14-17)24-20-8-5-3-4-6-12-25(20)22(18)27/h9-10,14,16H,3-8,11-13,15H2,1-2H3,(H,23,26). The number of carbonyl (C=O) groups is 1. The Morgan fingerprint density at radius 1 is 1.25 bits per heavy atom. The first kappa shape index (κ1) is 20.5. The first-order chi connectivity index (χ1) is 13.6. The Bertz CT molecular complexity index is 873. The van der Waals surface area contributed by atoms with E-state index in [0.717, 1.165) is 51.1 Å². The Morgan fingerprint density at radius 2 is 2.07 bits per heavy atom. The Hall–Kier alpha value is -2.21. The highest BCUT2D eigenvalue weighted by molar-refractivity contribution is 5.97. The van der Waals surface area contributed by atoms with Crippen LogP contribution in [-0.4, -0.2) is 35.2 Å². The van der Waals surface area contributed by atoms with Crippen molar-refractivity contribution in [2.24, 2.45) is 5.92 Å². The molecule has 28 heavy (non-hydrogen) atoms. The Kier molecular flexibility index (Phi) is 7.20. The smallest absolute Gasteiger partial charge is 0.261 e. The lowest BCUT2D eigenvalue weighted by atomic mass is 10.1. The highest BCUT2D eigenvalue weighted by Crippen LogP contribution is 2.16. The van der Waals surface area contributed by atoms with E-state index in [4.69, 9.17) is 9.72 Å². The van der Waals surface area contributed by atoms with Crippen molar-refractivity contribution in [2.75, 3.05) is 19.8 Å². The van der Waals surface area contributed by atoms with Gasteiger partial charge in [0.05, 0.1) is 10.9 Å². The van der Waals surface area contributed by atoms with Gasteiger partial charge in [0.25, 0.3) is 11.5 Å². The first-order valence-electron chi connectivity index (χ1n) is 10.5. The second kappa shape index (κ2) is 9.82. The lowest BCUT2D eigenvalue weighted by Gasteiger charge is -2.16. The first-order valence-corrected chi connectivity index (χ1v) is 10.5. The van der Waals surface area contributed by atoms with Gasteiger partial charge in [0.2, 0.25) is 0 Å². The summed E-state index contributed by atoms with van der Waals surface area (Å²) in [5.41, 5.74) is 1.17.